The first kappa shape index (κ1) is 13.3. The summed E-state index contributed by atoms with van der Waals surface area (Å²) in [7, 11) is 5.22. The number of aromatic nitrogens is 2. The first-order chi connectivity index (χ1) is 9.13. The van der Waals surface area contributed by atoms with E-state index in [1.807, 2.05) is 43.0 Å². The van der Waals surface area contributed by atoms with Crippen molar-refractivity contribution in [3.05, 3.63) is 35.7 Å². The summed E-state index contributed by atoms with van der Waals surface area (Å²) >= 11 is 0. The van der Waals surface area contributed by atoms with Crippen molar-refractivity contribution >= 4 is 5.69 Å². The lowest BCUT2D eigenvalue weighted by Gasteiger charge is -2.12. The molecule has 0 aliphatic carbocycles. The van der Waals surface area contributed by atoms with Gasteiger partial charge >= 0.3 is 0 Å². The summed E-state index contributed by atoms with van der Waals surface area (Å²) in [6.07, 6.45) is 2.01. The molecule has 1 N–H and O–H groups in total. The zero-order valence-corrected chi connectivity index (χ0v) is 11.7. The monoisotopic (exact) mass is 261 g/mol. The summed E-state index contributed by atoms with van der Waals surface area (Å²) < 4.78 is 12.4. The molecule has 0 bridgehead atoms. The Balaban J connectivity index is 2.16. The fourth-order valence-electron chi connectivity index (χ4n) is 1.96. The van der Waals surface area contributed by atoms with Crippen LogP contribution in [0.25, 0.3) is 0 Å². The van der Waals surface area contributed by atoms with Crippen molar-refractivity contribution in [2.24, 2.45) is 7.05 Å². The Morgan fingerprint density at radius 3 is 2.63 bits per heavy atom. The van der Waals surface area contributed by atoms with Crippen molar-refractivity contribution in [1.29, 1.82) is 0 Å². The summed E-state index contributed by atoms with van der Waals surface area (Å²) in [5.74, 6) is 1.59. The fraction of sp³-hybridized carbons (Fsp3) is 0.357. The van der Waals surface area contributed by atoms with Crippen LogP contribution < -0.4 is 14.8 Å². The molecule has 0 fully saturated rings. The van der Waals surface area contributed by atoms with Gasteiger partial charge in [-0.3, -0.25) is 4.68 Å². The van der Waals surface area contributed by atoms with Crippen LogP contribution in [0.5, 0.6) is 11.5 Å². The SMILES string of the molecule is COc1ccc(OC)c(NCc2cn(C)nc2C)c1. The average molecular weight is 261 g/mol. The van der Waals surface area contributed by atoms with Gasteiger partial charge < -0.3 is 14.8 Å². The van der Waals surface area contributed by atoms with E-state index in [-0.39, 0.29) is 0 Å². The van der Waals surface area contributed by atoms with Crippen molar-refractivity contribution in [1.82, 2.24) is 9.78 Å². The van der Waals surface area contributed by atoms with E-state index in [0.717, 1.165) is 28.4 Å². The van der Waals surface area contributed by atoms with Gasteiger partial charge in [-0.05, 0) is 19.1 Å². The number of aryl methyl sites for hydroxylation is 2. The summed E-state index contributed by atoms with van der Waals surface area (Å²) in [5.41, 5.74) is 3.09. The smallest absolute Gasteiger partial charge is 0.142 e. The number of ether oxygens (including phenoxy) is 2. The average Bonchev–Trinajstić information content (AvgIpc) is 2.74. The molecule has 2 aromatic rings. The molecule has 0 saturated carbocycles. The van der Waals surface area contributed by atoms with E-state index in [0.29, 0.717) is 6.54 Å². The predicted octanol–water partition coefficient (Wildman–Crippen LogP) is 2.36. The van der Waals surface area contributed by atoms with Gasteiger partial charge in [-0.2, -0.15) is 5.10 Å². The minimum Gasteiger partial charge on any atom is -0.497 e. The second kappa shape index (κ2) is 5.65. The van der Waals surface area contributed by atoms with Crippen LogP contribution >= 0.6 is 0 Å². The molecule has 1 aromatic heterocycles. The maximum Gasteiger partial charge on any atom is 0.142 e. The number of hydrogen-bond acceptors (Lipinski definition) is 4. The molecule has 0 amide bonds. The third-order valence-electron chi connectivity index (χ3n) is 2.99. The summed E-state index contributed by atoms with van der Waals surface area (Å²) in [6, 6.07) is 5.68. The first-order valence-corrected chi connectivity index (χ1v) is 6.09. The topological polar surface area (TPSA) is 48.3 Å². The Labute approximate surface area is 113 Å². The van der Waals surface area contributed by atoms with E-state index < -0.39 is 0 Å². The molecule has 0 saturated heterocycles. The van der Waals surface area contributed by atoms with E-state index in [4.69, 9.17) is 9.47 Å². The molecule has 1 heterocycles. The number of nitrogens with one attached hydrogen (secondary N) is 1. The zero-order chi connectivity index (χ0) is 13.8. The maximum absolute atomic E-state index is 5.33. The number of anilines is 1. The lowest BCUT2D eigenvalue weighted by atomic mass is 10.2. The molecule has 0 unspecified atom stereocenters. The third-order valence-corrected chi connectivity index (χ3v) is 2.99. The quantitative estimate of drug-likeness (QED) is 0.897. The molecule has 19 heavy (non-hydrogen) atoms. The van der Waals surface area contributed by atoms with E-state index >= 15 is 0 Å². The van der Waals surface area contributed by atoms with E-state index in [1.165, 1.54) is 0 Å². The molecular weight excluding hydrogens is 242 g/mol. The molecule has 0 aliphatic rings. The summed E-state index contributed by atoms with van der Waals surface area (Å²) in [5, 5.41) is 7.67. The van der Waals surface area contributed by atoms with Gasteiger partial charge in [0.2, 0.25) is 0 Å². The van der Waals surface area contributed by atoms with Crippen molar-refractivity contribution in [2.75, 3.05) is 19.5 Å². The number of rotatable bonds is 5. The molecule has 1 aromatic carbocycles. The van der Waals surface area contributed by atoms with Crippen LogP contribution in [-0.2, 0) is 13.6 Å². The van der Waals surface area contributed by atoms with Crippen LogP contribution in [0.15, 0.2) is 24.4 Å². The van der Waals surface area contributed by atoms with Crippen molar-refractivity contribution in [3.63, 3.8) is 0 Å². The fourth-order valence-corrected chi connectivity index (χ4v) is 1.96. The van der Waals surface area contributed by atoms with Gasteiger partial charge in [0.15, 0.2) is 0 Å². The molecule has 2 rings (SSSR count). The predicted molar refractivity (Wildman–Crippen MR) is 74.8 cm³/mol. The molecule has 0 aliphatic heterocycles. The second-order valence-electron chi connectivity index (χ2n) is 4.33. The maximum atomic E-state index is 5.33. The highest BCUT2D eigenvalue weighted by molar-refractivity contribution is 5.59. The van der Waals surface area contributed by atoms with Crippen LogP contribution in [-0.4, -0.2) is 24.0 Å². The molecular formula is C14H19N3O2. The molecule has 5 nitrogen and oxygen atoms in total. The molecule has 102 valence electrons. The largest absolute Gasteiger partial charge is 0.497 e. The van der Waals surface area contributed by atoms with Crippen molar-refractivity contribution < 1.29 is 9.47 Å². The highest BCUT2D eigenvalue weighted by Gasteiger charge is 2.07. The Morgan fingerprint density at radius 1 is 1.26 bits per heavy atom. The van der Waals surface area contributed by atoms with Gasteiger partial charge in [0.1, 0.15) is 11.5 Å². The molecule has 0 spiro atoms. The normalized spacial score (nSPS) is 10.3. The summed E-state index contributed by atoms with van der Waals surface area (Å²) in [6.45, 7) is 2.70. The van der Waals surface area contributed by atoms with Gasteiger partial charge in [-0.15, -0.1) is 0 Å². The van der Waals surface area contributed by atoms with E-state index in [2.05, 4.69) is 10.4 Å². The second-order valence-corrected chi connectivity index (χ2v) is 4.33. The number of hydrogen-bond donors (Lipinski definition) is 1. The first-order valence-electron chi connectivity index (χ1n) is 6.09. The highest BCUT2D eigenvalue weighted by Crippen LogP contribution is 2.29. The van der Waals surface area contributed by atoms with Gasteiger partial charge in [-0.25, -0.2) is 0 Å². The summed E-state index contributed by atoms with van der Waals surface area (Å²) in [4.78, 5) is 0. The van der Waals surface area contributed by atoms with Crippen molar-refractivity contribution in [2.45, 2.75) is 13.5 Å². The molecule has 5 heteroatoms. The van der Waals surface area contributed by atoms with Crippen LogP contribution in [0.4, 0.5) is 5.69 Å². The van der Waals surface area contributed by atoms with Gasteiger partial charge in [0.25, 0.3) is 0 Å². The standard InChI is InChI=1S/C14H19N3O2/c1-10-11(9-17(2)16-10)8-15-13-7-12(18-3)5-6-14(13)19-4/h5-7,9,15H,8H2,1-4H3. The van der Waals surface area contributed by atoms with E-state index in [9.17, 15) is 0 Å². The Hall–Kier alpha value is -2.17. The van der Waals surface area contributed by atoms with Crippen LogP contribution in [0.2, 0.25) is 0 Å². The minimum absolute atomic E-state index is 0.698. The van der Waals surface area contributed by atoms with Crippen molar-refractivity contribution in [3.8, 4) is 11.5 Å². The Kier molecular flexibility index (Phi) is 3.94. The van der Waals surface area contributed by atoms with Gasteiger partial charge in [-0.1, -0.05) is 0 Å². The van der Waals surface area contributed by atoms with Gasteiger partial charge in [0.05, 0.1) is 25.6 Å². The highest BCUT2D eigenvalue weighted by atomic mass is 16.5. The van der Waals surface area contributed by atoms with Gasteiger partial charge in [0, 0.05) is 31.4 Å². The minimum atomic E-state index is 0.698. The van der Waals surface area contributed by atoms with Crippen LogP contribution in [0.3, 0.4) is 0 Å². The zero-order valence-electron chi connectivity index (χ0n) is 11.7. The Bertz CT molecular complexity index is 564. The third kappa shape index (κ3) is 2.99. The van der Waals surface area contributed by atoms with Crippen LogP contribution in [0.1, 0.15) is 11.3 Å². The lowest BCUT2D eigenvalue weighted by molar-refractivity contribution is 0.404. The number of nitrogens with zero attached hydrogens (tertiary/aromatic N) is 2. The lowest BCUT2D eigenvalue weighted by Crippen LogP contribution is -2.02. The molecule has 0 radical (unpaired) electrons. The van der Waals surface area contributed by atoms with Crippen LogP contribution in [0, 0.1) is 6.92 Å². The Morgan fingerprint density at radius 2 is 2.05 bits per heavy atom. The number of benzene rings is 1. The van der Waals surface area contributed by atoms with E-state index in [1.54, 1.807) is 14.2 Å². The molecule has 0 atom stereocenters. The number of methoxy groups -OCH3 is 2.